The third kappa shape index (κ3) is 4.97. The minimum Gasteiger partial charge on any atom is -0.381 e. The number of alkyl halides is 3. The summed E-state index contributed by atoms with van der Waals surface area (Å²) in [6.07, 6.45) is -2.71. The van der Waals surface area contributed by atoms with Crippen LogP contribution in [0.3, 0.4) is 0 Å². The van der Waals surface area contributed by atoms with Crippen LogP contribution in [0.25, 0.3) is 0 Å². The van der Waals surface area contributed by atoms with Crippen molar-refractivity contribution in [3.05, 3.63) is 95.3 Å². The zero-order valence-electron chi connectivity index (χ0n) is 15.3. The quantitative estimate of drug-likeness (QED) is 0.489. The molecule has 6 heteroatoms. The van der Waals surface area contributed by atoms with Gasteiger partial charge in [-0.2, -0.15) is 17.7 Å². The first-order chi connectivity index (χ1) is 13.3. The van der Waals surface area contributed by atoms with Crippen molar-refractivity contribution in [2.45, 2.75) is 26.2 Å². The maximum absolute atomic E-state index is 12.8. The lowest BCUT2D eigenvalue weighted by Gasteiger charge is -2.09. The predicted octanol–water partition coefficient (Wildman–Crippen LogP) is 4.80. The molecule has 0 amide bonds. The van der Waals surface area contributed by atoms with Gasteiger partial charge in [0.2, 0.25) is 12.3 Å². The Kier molecular flexibility index (Phi) is 5.78. The summed E-state index contributed by atoms with van der Waals surface area (Å²) in [4.78, 5) is 12.4. The fourth-order valence-electron chi connectivity index (χ4n) is 2.85. The van der Waals surface area contributed by atoms with Gasteiger partial charge in [0.15, 0.2) is 11.9 Å². The van der Waals surface area contributed by atoms with Crippen LogP contribution in [0.15, 0.2) is 72.9 Å². The van der Waals surface area contributed by atoms with E-state index in [1.165, 1.54) is 12.1 Å². The Balaban J connectivity index is 1.68. The minimum absolute atomic E-state index is 0.0217. The van der Waals surface area contributed by atoms with E-state index in [-0.39, 0.29) is 17.9 Å². The second-order valence-electron chi connectivity index (χ2n) is 6.53. The summed E-state index contributed by atoms with van der Waals surface area (Å²) in [5, 5.41) is 3.31. The average molecular weight is 385 g/mol. The zero-order chi connectivity index (χ0) is 20.1. The number of hydrogen-bond acceptors (Lipinski definition) is 2. The molecule has 3 rings (SSSR count). The van der Waals surface area contributed by atoms with Crippen molar-refractivity contribution in [2.75, 3.05) is 5.32 Å². The Bertz CT molecular complexity index is 969. The number of rotatable bonds is 6. The van der Waals surface area contributed by atoms with Gasteiger partial charge in [-0.05, 0) is 17.7 Å². The maximum atomic E-state index is 12.8. The van der Waals surface area contributed by atoms with Gasteiger partial charge in [-0.15, -0.1) is 0 Å². The maximum Gasteiger partial charge on any atom is 0.416 e. The van der Waals surface area contributed by atoms with Crippen LogP contribution in [0.5, 0.6) is 0 Å². The topological polar surface area (TPSA) is 33.0 Å². The van der Waals surface area contributed by atoms with Crippen LogP contribution in [0.2, 0.25) is 0 Å². The zero-order valence-corrected chi connectivity index (χ0v) is 15.3. The lowest BCUT2D eigenvalue weighted by Crippen LogP contribution is -2.40. The van der Waals surface area contributed by atoms with Gasteiger partial charge in [0, 0.05) is 36.9 Å². The fraction of sp³-hybridized carbons (Fsp3) is 0.182. The molecule has 0 aliphatic heterocycles. The number of aromatic nitrogens is 1. The van der Waals surface area contributed by atoms with E-state index >= 15 is 0 Å². The number of hydrogen-bond donors (Lipinski definition) is 1. The molecule has 28 heavy (non-hydrogen) atoms. The molecule has 0 bridgehead atoms. The highest BCUT2D eigenvalue weighted by molar-refractivity contribution is 5.95. The molecular formula is C22H20F3N2O+. The summed E-state index contributed by atoms with van der Waals surface area (Å²) in [7, 11) is 0. The molecule has 0 unspecified atom stereocenters. The van der Waals surface area contributed by atoms with Crippen molar-refractivity contribution in [2.24, 2.45) is 0 Å². The molecular weight excluding hydrogens is 365 g/mol. The summed E-state index contributed by atoms with van der Waals surface area (Å²) < 4.78 is 40.2. The number of halogens is 3. The molecule has 0 fully saturated rings. The summed E-state index contributed by atoms with van der Waals surface area (Å²) in [6, 6.07) is 18.2. The number of anilines is 1. The van der Waals surface area contributed by atoms with Gasteiger partial charge in [-0.25, -0.2) is 0 Å². The summed E-state index contributed by atoms with van der Waals surface area (Å²) in [6.45, 7) is 2.51. The summed E-state index contributed by atoms with van der Waals surface area (Å²) in [5.74, 6) is -0.371. The van der Waals surface area contributed by atoms with Crippen molar-refractivity contribution >= 4 is 11.5 Å². The van der Waals surface area contributed by atoms with Gasteiger partial charge in [0.25, 0.3) is 0 Å². The van der Waals surface area contributed by atoms with E-state index in [1.54, 1.807) is 10.8 Å². The normalized spacial score (nSPS) is 11.3. The third-order valence-corrected chi connectivity index (χ3v) is 4.42. The summed E-state index contributed by atoms with van der Waals surface area (Å²) in [5.41, 5.74) is 2.12. The molecule has 1 N–H and O–H groups in total. The van der Waals surface area contributed by atoms with Crippen molar-refractivity contribution in [1.82, 2.24) is 0 Å². The first kappa shape index (κ1) is 19.6. The molecule has 0 saturated heterocycles. The Labute approximate surface area is 161 Å². The van der Waals surface area contributed by atoms with Crippen molar-refractivity contribution < 1.29 is 22.5 Å². The second-order valence-corrected chi connectivity index (χ2v) is 6.53. The van der Waals surface area contributed by atoms with Crippen LogP contribution in [0, 0.1) is 6.92 Å². The van der Waals surface area contributed by atoms with Crippen LogP contribution < -0.4 is 9.88 Å². The molecule has 144 valence electrons. The van der Waals surface area contributed by atoms with E-state index in [0.717, 1.165) is 29.1 Å². The molecule has 1 aromatic heterocycles. The smallest absolute Gasteiger partial charge is 0.381 e. The van der Waals surface area contributed by atoms with E-state index < -0.39 is 11.7 Å². The number of nitrogens with zero attached hydrogens (tertiary/aromatic N) is 1. The molecule has 2 aromatic carbocycles. The highest BCUT2D eigenvalue weighted by atomic mass is 19.4. The number of Topliss-reactive ketones (excluding diaryl/α,β-unsaturated/α-hetero) is 1. The molecule has 0 aliphatic rings. The van der Waals surface area contributed by atoms with Gasteiger partial charge in [0.05, 0.1) is 5.56 Å². The standard InChI is InChI=1S/C22H19F3N2O/c1-16-12-20(26-14-17-6-3-2-4-7-17)10-11-27(16)15-21(28)18-8-5-9-19(13-18)22(23,24)25/h2-13H,14-15H2,1H3/p+1. The van der Waals surface area contributed by atoms with E-state index in [1.807, 2.05) is 49.4 Å². The number of benzene rings is 2. The van der Waals surface area contributed by atoms with Crippen molar-refractivity contribution in [1.29, 1.82) is 0 Å². The number of carbonyl (C=O) groups excluding carboxylic acids is 1. The lowest BCUT2D eigenvalue weighted by atomic mass is 10.1. The second kappa shape index (κ2) is 8.25. The van der Waals surface area contributed by atoms with Gasteiger partial charge in [-0.1, -0.05) is 42.5 Å². The van der Waals surface area contributed by atoms with E-state index in [2.05, 4.69) is 5.32 Å². The minimum atomic E-state index is -4.47. The van der Waals surface area contributed by atoms with Crippen LogP contribution in [-0.4, -0.2) is 5.78 Å². The molecule has 3 aromatic rings. The van der Waals surface area contributed by atoms with Crippen LogP contribution in [0.4, 0.5) is 18.9 Å². The van der Waals surface area contributed by atoms with E-state index in [4.69, 9.17) is 0 Å². The number of carbonyl (C=O) groups is 1. The Morgan fingerprint density at radius 3 is 2.43 bits per heavy atom. The molecule has 0 atom stereocenters. The van der Waals surface area contributed by atoms with Gasteiger partial charge < -0.3 is 5.32 Å². The van der Waals surface area contributed by atoms with Crippen LogP contribution in [-0.2, 0) is 19.3 Å². The SMILES string of the molecule is Cc1cc(NCc2ccccc2)cc[n+]1CC(=O)c1cccc(C(F)(F)F)c1. The number of aryl methyl sites for hydroxylation is 1. The predicted molar refractivity (Wildman–Crippen MR) is 101 cm³/mol. The molecule has 0 aliphatic carbocycles. The van der Waals surface area contributed by atoms with Crippen molar-refractivity contribution in [3.8, 4) is 0 Å². The van der Waals surface area contributed by atoms with Gasteiger partial charge >= 0.3 is 6.18 Å². The molecule has 3 nitrogen and oxygen atoms in total. The fourth-order valence-corrected chi connectivity index (χ4v) is 2.85. The van der Waals surface area contributed by atoms with Crippen molar-refractivity contribution in [3.63, 3.8) is 0 Å². The Morgan fingerprint density at radius 1 is 1.00 bits per heavy atom. The molecule has 0 spiro atoms. The molecule has 0 radical (unpaired) electrons. The monoisotopic (exact) mass is 385 g/mol. The van der Waals surface area contributed by atoms with Crippen LogP contribution >= 0.6 is 0 Å². The van der Waals surface area contributed by atoms with E-state index in [9.17, 15) is 18.0 Å². The largest absolute Gasteiger partial charge is 0.416 e. The average Bonchev–Trinajstić information content (AvgIpc) is 2.68. The Hall–Kier alpha value is -3.15. The Morgan fingerprint density at radius 2 is 1.75 bits per heavy atom. The first-order valence-corrected chi connectivity index (χ1v) is 8.81. The molecule has 0 saturated carbocycles. The lowest BCUT2D eigenvalue weighted by molar-refractivity contribution is -0.689. The van der Waals surface area contributed by atoms with E-state index in [0.29, 0.717) is 6.54 Å². The number of ketones is 1. The van der Waals surface area contributed by atoms with Gasteiger partial charge in [-0.3, -0.25) is 4.79 Å². The highest BCUT2D eigenvalue weighted by Gasteiger charge is 2.31. The summed E-state index contributed by atoms with van der Waals surface area (Å²) >= 11 is 0. The molecule has 1 heterocycles. The van der Waals surface area contributed by atoms with Crippen LogP contribution in [0.1, 0.15) is 27.2 Å². The number of nitrogens with one attached hydrogen (secondary N) is 1. The number of pyridine rings is 1. The van der Waals surface area contributed by atoms with Gasteiger partial charge in [0.1, 0.15) is 0 Å². The highest BCUT2D eigenvalue weighted by Crippen LogP contribution is 2.29. The third-order valence-electron chi connectivity index (χ3n) is 4.42. The first-order valence-electron chi connectivity index (χ1n) is 8.81.